The molecule has 0 spiro atoms. The topological polar surface area (TPSA) is 83.5 Å². The number of aliphatic carboxylic acids is 1. The largest absolute Gasteiger partial charge is 0.480 e. The highest BCUT2D eigenvalue weighted by Gasteiger charge is 2.12. The van der Waals surface area contributed by atoms with Crippen molar-refractivity contribution < 1.29 is 15.0 Å². The van der Waals surface area contributed by atoms with Crippen LogP contribution < -0.4 is 5.73 Å². The molecule has 0 radical (unpaired) electrons. The molecule has 0 aromatic rings. The molecule has 0 fully saturated rings. The summed E-state index contributed by atoms with van der Waals surface area (Å²) in [5, 5.41) is 16.8. The Morgan fingerprint density at radius 3 is 2.33 bits per heavy atom. The summed E-state index contributed by atoms with van der Waals surface area (Å²) >= 11 is 0. The van der Waals surface area contributed by atoms with Gasteiger partial charge in [0.25, 0.3) is 0 Å². The fourth-order valence-electron chi connectivity index (χ4n) is 0.468. The fourth-order valence-corrected chi connectivity index (χ4v) is 0.468. The molecule has 0 aromatic carbocycles. The van der Waals surface area contributed by atoms with Gasteiger partial charge in [0.05, 0.1) is 6.10 Å². The molecule has 4 N–H and O–H groups in total. The molecule has 0 bridgehead atoms. The summed E-state index contributed by atoms with van der Waals surface area (Å²) in [6.45, 7) is 1.50. The first kappa shape index (κ1) is 8.39. The summed E-state index contributed by atoms with van der Waals surface area (Å²) in [6, 6.07) is -0.940. The van der Waals surface area contributed by atoms with Gasteiger partial charge in [0.2, 0.25) is 0 Å². The predicted octanol–water partition coefficient (Wildman–Crippen LogP) is -0.831. The van der Waals surface area contributed by atoms with Crippen LogP contribution in [0, 0.1) is 0 Å². The second-order valence-electron chi connectivity index (χ2n) is 2.03. The van der Waals surface area contributed by atoms with Gasteiger partial charge in [-0.3, -0.25) is 4.79 Å². The molecule has 1 unspecified atom stereocenters. The Bertz CT molecular complexity index is 102. The minimum Gasteiger partial charge on any atom is -0.480 e. The van der Waals surface area contributed by atoms with E-state index < -0.39 is 18.1 Å². The van der Waals surface area contributed by atoms with Crippen molar-refractivity contribution in [2.24, 2.45) is 5.73 Å². The molecule has 0 saturated carbocycles. The lowest BCUT2D eigenvalue weighted by Crippen LogP contribution is -2.33. The monoisotopic (exact) mass is 133 g/mol. The van der Waals surface area contributed by atoms with Crippen LogP contribution in [0.25, 0.3) is 0 Å². The van der Waals surface area contributed by atoms with Crippen molar-refractivity contribution in [3.8, 4) is 0 Å². The molecule has 0 aliphatic rings. The van der Waals surface area contributed by atoms with Gasteiger partial charge in [0.15, 0.2) is 0 Å². The molecule has 0 heterocycles. The van der Waals surface area contributed by atoms with E-state index in [4.69, 9.17) is 15.9 Å². The molecule has 4 nitrogen and oxygen atoms in total. The molecular formula is C5H11NO3. The van der Waals surface area contributed by atoms with Gasteiger partial charge >= 0.3 is 5.97 Å². The third-order valence-electron chi connectivity index (χ3n) is 0.912. The zero-order valence-corrected chi connectivity index (χ0v) is 5.24. The number of carboxylic acids is 1. The van der Waals surface area contributed by atoms with E-state index >= 15 is 0 Å². The maximum atomic E-state index is 10.00. The molecule has 0 aromatic heterocycles. The lowest BCUT2D eigenvalue weighted by molar-refractivity contribution is -0.139. The van der Waals surface area contributed by atoms with Gasteiger partial charge in [-0.15, -0.1) is 0 Å². The van der Waals surface area contributed by atoms with Crippen LogP contribution >= 0.6 is 0 Å². The second-order valence-corrected chi connectivity index (χ2v) is 2.03. The third-order valence-corrected chi connectivity index (χ3v) is 0.912. The number of aliphatic hydroxyl groups is 1. The first-order valence-electron chi connectivity index (χ1n) is 2.70. The molecule has 4 heteroatoms. The summed E-state index contributed by atoms with van der Waals surface area (Å²) in [5.74, 6) is -1.07. The van der Waals surface area contributed by atoms with E-state index in [1.807, 2.05) is 0 Å². The number of carboxylic acid groups (broad SMARTS) is 1. The number of rotatable bonds is 3. The summed E-state index contributed by atoms with van der Waals surface area (Å²) in [7, 11) is 0. The molecule has 2 atom stereocenters. The zero-order chi connectivity index (χ0) is 7.44. The van der Waals surface area contributed by atoms with Crippen molar-refractivity contribution in [2.75, 3.05) is 0 Å². The summed E-state index contributed by atoms with van der Waals surface area (Å²) in [4.78, 5) is 10.00. The first-order chi connectivity index (χ1) is 4.04. The quantitative estimate of drug-likeness (QED) is 0.469. The van der Waals surface area contributed by atoms with E-state index in [0.29, 0.717) is 0 Å². The van der Waals surface area contributed by atoms with Crippen molar-refractivity contribution >= 4 is 5.97 Å². The molecular weight excluding hydrogens is 122 g/mol. The van der Waals surface area contributed by atoms with Gasteiger partial charge in [-0.1, -0.05) is 0 Å². The van der Waals surface area contributed by atoms with Gasteiger partial charge in [0.1, 0.15) is 6.04 Å². The lowest BCUT2D eigenvalue weighted by Gasteiger charge is -2.06. The van der Waals surface area contributed by atoms with Crippen molar-refractivity contribution in [2.45, 2.75) is 25.5 Å². The Morgan fingerprint density at radius 1 is 1.78 bits per heavy atom. The van der Waals surface area contributed by atoms with E-state index in [-0.39, 0.29) is 6.42 Å². The summed E-state index contributed by atoms with van der Waals surface area (Å²) in [6.07, 6.45) is -0.536. The Balaban J connectivity index is 3.50. The molecule has 54 valence electrons. The lowest BCUT2D eigenvalue weighted by atomic mass is 10.1. The first-order valence-corrected chi connectivity index (χ1v) is 2.70. The van der Waals surface area contributed by atoms with Crippen molar-refractivity contribution in [1.29, 1.82) is 0 Å². The Kier molecular flexibility index (Phi) is 3.19. The number of hydrogen-bond acceptors (Lipinski definition) is 3. The average Bonchev–Trinajstić information content (AvgIpc) is 1.63. The van der Waals surface area contributed by atoms with E-state index in [0.717, 1.165) is 0 Å². The van der Waals surface area contributed by atoms with Gasteiger partial charge in [-0.25, -0.2) is 0 Å². The Hall–Kier alpha value is -0.610. The second kappa shape index (κ2) is 3.42. The van der Waals surface area contributed by atoms with Crippen LogP contribution in [-0.4, -0.2) is 28.3 Å². The average molecular weight is 133 g/mol. The van der Waals surface area contributed by atoms with Gasteiger partial charge in [0, 0.05) is 0 Å². The fraction of sp³-hybridized carbons (Fsp3) is 0.800. The van der Waals surface area contributed by atoms with Crippen LogP contribution in [0.5, 0.6) is 0 Å². The number of hydrogen-bond donors (Lipinski definition) is 3. The molecule has 9 heavy (non-hydrogen) atoms. The summed E-state index contributed by atoms with van der Waals surface area (Å²) < 4.78 is 0. The van der Waals surface area contributed by atoms with Crippen molar-refractivity contribution in [1.82, 2.24) is 0 Å². The van der Waals surface area contributed by atoms with Crippen LogP contribution in [0.15, 0.2) is 0 Å². The molecule has 0 amide bonds. The van der Waals surface area contributed by atoms with E-state index in [1.54, 1.807) is 0 Å². The van der Waals surface area contributed by atoms with Crippen LogP contribution in [0.4, 0.5) is 0 Å². The number of aliphatic hydroxyl groups excluding tert-OH is 1. The smallest absolute Gasteiger partial charge is 0.320 e. The van der Waals surface area contributed by atoms with E-state index in [2.05, 4.69) is 0 Å². The van der Waals surface area contributed by atoms with E-state index in [9.17, 15) is 4.79 Å². The van der Waals surface area contributed by atoms with Crippen molar-refractivity contribution in [3.05, 3.63) is 0 Å². The number of carbonyl (C=O) groups is 1. The maximum Gasteiger partial charge on any atom is 0.320 e. The van der Waals surface area contributed by atoms with Gasteiger partial charge < -0.3 is 15.9 Å². The van der Waals surface area contributed by atoms with Crippen LogP contribution in [0.2, 0.25) is 0 Å². The predicted molar refractivity (Wildman–Crippen MR) is 31.9 cm³/mol. The standard InChI is InChI=1S/C5H11NO3/c1-3(7)2-4(6)5(8)9/h3-4,7H,2,6H2,1H3,(H,8,9)/t3?,4-/m1/s1. The van der Waals surface area contributed by atoms with Crippen LogP contribution in [0.1, 0.15) is 13.3 Å². The normalized spacial score (nSPS) is 16.8. The zero-order valence-electron chi connectivity index (χ0n) is 5.24. The molecule has 0 aliphatic heterocycles. The highest BCUT2D eigenvalue weighted by atomic mass is 16.4. The van der Waals surface area contributed by atoms with Crippen LogP contribution in [0.3, 0.4) is 0 Å². The number of nitrogens with two attached hydrogens (primary N) is 1. The summed E-state index contributed by atoms with van der Waals surface area (Å²) in [5.41, 5.74) is 5.06. The SMILES string of the molecule is CC(O)C[C@@H](N)C(=O)O. The highest BCUT2D eigenvalue weighted by Crippen LogP contribution is 1.93. The minimum atomic E-state index is -1.07. The van der Waals surface area contributed by atoms with Crippen LogP contribution in [-0.2, 0) is 4.79 Å². The Morgan fingerprint density at radius 2 is 2.22 bits per heavy atom. The minimum absolute atomic E-state index is 0.106. The molecule has 0 rings (SSSR count). The van der Waals surface area contributed by atoms with E-state index in [1.165, 1.54) is 6.92 Å². The van der Waals surface area contributed by atoms with Gasteiger partial charge in [-0.05, 0) is 13.3 Å². The third kappa shape index (κ3) is 3.93. The van der Waals surface area contributed by atoms with Crippen molar-refractivity contribution in [3.63, 3.8) is 0 Å². The Labute approximate surface area is 53.3 Å². The van der Waals surface area contributed by atoms with Gasteiger partial charge in [-0.2, -0.15) is 0 Å². The molecule has 0 aliphatic carbocycles. The highest BCUT2D eigenvalue weighted by molar-refractivity contribution is 5.73. The molecule has 0 saturated heterocycles. The maximum absolute atomic E-state index is 10.00.